The highest BCUT2D eigenvalue weighted by Gasteiger charge is 2.11. The fourth-order valence-electron chi connectivity index (χ4n) is 2.26. The average molecular weight is 227 g/mol. The van der Waals surface area contributed by atoms with Crippen LogP contribution in [-0.2, 0) is 6.54 Å². The van der Waals surface area contributed by atoms with Gasteiger partial charge in [-0.2, -0.15) is 0 Å². The van der Waals surface area contributed by atoms with Crippen LogP contribution in [0.5, 0.6) is 5.75 Å². The summed E-state index contributed by atoms with van der Waals surface area (Å²) in [5.41, 5.74) is 8.37. The number of nitrogens with two attached hydrogens (primary N) is 1. The standard InChI is InChI=1S/C13H13N3O/c1-8-10(7-14)16-6-5-9-3-2-4-11(17)12(9)13(16)15-8/h2-6,17H,7,14H2,1H3. The number of aromatic hydroxyl groups is 1. The number of aromatic nitrogens is 2. The molecule has 17 heavy (non-hydrogen) atoms. The normalized spacial score (nSPS) is 11.4. The van der Waals surface area contributed by atoms with Gasteiger partial charge in [0.1, 0.15) is 11.4 Å². The Balaban J connectivity index is 2.56. The molecule has 2 aromatic heterocycles. The van der Waals surface area contributed by atoms with Crippen molar-refractivity contribution in [3.8, 4) is 5.75 Å². The third-order valence-electron chi connectivity index (χ3n) is 3.11. The number of nitrogens with zero attached hydrogens (tertiary/aromatic N) is 2. The Kier molecular flexibility index (Phi) is 2.06. The second-order valence-electron chi connectivity index (χ2n) is 4.10. The van der Waals surface area contributed by atoms with Gasteiger partial charge >= 0.3 is 0 Å². The molecule has 4 nitrogen and oxygen atoms in total. The molecule has 4 heteroatoms. The van der Waals surface area contributed by atoms with E-state index in [0.717, 1.165) is 27.8 Å². The first-order valence-corrected chi connectivity index (χ1v) is 5.50. The number of phenols is 1. The Morgan fingerprint density at radius 2 is 2.18 bits per heavy atom. The van der Waals surface area contributed by atoms with Crippen LogP contribution in [0, 0.1) is 6.92 Å². The third kappa shape index (κ3) is 1.31. The van der Waals surface area contributed by atoms with Crippen molar-refractivity contribution in [1.29, 1.82) is 0 Å². The third-order valence-corrected chi connectivity index (χ3v) is 3.11. The molecule has 0 aliphatic rings. The molecule has 0 unspecified atom stereocenters. The molecule has 0 saturated carbocycles. The summed E-state index contributed by atoms with van der Waals surface area (Å²) in [5.74, 6) is 0.252. The minimum absolute atomic E-state index is 0.252. The molecule has 0 saturated heterocycles. The second-order valence-corrected chi connectivity index (χ2v) is 4.10. The predicted molar refractivity (Wildman–Crippen MR) is 67.0 cm³/mol. The molecule has 0 aliphatic carbocycles. The van der Waals surface area contributed by atoms with Crippen molar-refractivity contribution in [1.82, 2.24) is 9.38 Å². The lowest BCUT2D eigenvalue weighted by atomic mass is 10.1. The zero-order chi connectivity index (χ0) is 12.0. The van der Waals surface area contributed by atoms with Crippen LogP contribution in [0.2, 0.25) is 0 Å². The molecule has 3 aromatic rings. The van der Waals surface area contributed by atoms with Crippen LogP contribution in [0.15, 0.2) is 30.5 Å². The number of hydrogen-bond donors (Lipinski definition) is 2. The molecule has 0 fully saturated rings. The quantitative estimate of drug-likeness (QED) is 0.668. The van der Waals surface area contributed by atoms with Gasteiger partial charge in [0.25, 0.3) is 0 Å². The number of fused-ring (bicyclic) bond motifs is 3. The summed E-state index contributed by atoms with van der Waals surface area (Å²) in [5, 5.41) is 11.7. The minimum atomic E-state index is 0.252. The molecule has 86 valence electrons. The highest BCUT2D eigenvalue weighted by molar-refractivity contribution is 5.98. The number of rotatable bonds is 1. The van der Waals surface area contributed by atoms with Gasteiger partial charge in [0, 0.05) is 12.7 Å². The van der Waals surface area contributed by atoms with Gasteiger partial charge in [-0.05, 0) is 24.4 Å². The lowest BCUT2D eigenvalue weighted by Gasteiger charge is -2.04. The maximum atomic E-state index is 9.96. The SMILES string of the molecule is Cc1nc2c3c(O)cccc3ccn2c1CN. The van der Waals surface area contributed by atoms with Crippen LogP contribution >= 0.6 is 0 Å². The molecule has 1 aromatic carbocycles. The molecule has 3 rings (SSSR count). The van der Waals surface area contributed by atoms with Gasteiger partial charge in [0.15, 0.2) is 0 Å². The van der Waals surface area contributed by atoms with Crippen molar-refractivity contribution in [3.63, 3.8) is 0 Å². The maximum absolute atomic E-state index is 9.96. The van der Waals surface area contributed by atoms with Gasteiger partial charge in [-0.3, -0.25) is 0 Å². The molecular weight excluding hydrogens is 214 g/mol. The zero-order valence-electron chi connectivity index (χ0n) is 9.51. The smallest absolute Gasteiger partial charge is 0.148 e. The maximum Gasteiger partial charge on any atom is 0.148 e. The zero-order valence-corrected chi connectivity index (χ0v) is 9.51. The number of pyridine rings is 1. The van der Waals surface area contributed by atoms with Crippen molar-refractivity contribution in [3.05, 3.63) is 41.9 Å². The van der Waals surface area contributed by atoms with Crippen LogP contribution in [0.3, 0.4) is 0 Å². The van der Waals surface area contributed by atoms with E-state index in [4.69, 9.17) is 5.73 Å². The lowest BCUT2D eigenvalue weighted by Crippen LogP contribution is -2.02. The van der Waals surface area contributed by atoms with Crippen molar-refractivity contribution >= 4 is 16.4 Å². The van der Waals surface area contributed by atoms with E-state index >= 15 is 0 Å². The number of aryl methyl sites for hydroxylation is 1. The molecule has 3 N–H and O–H groups in total. The predicted octanol–water partition coefficient (Wildman–Crippen LogP) is 1.96. The van der Waals surface area contributed by atoms with Gasteiger partial charge in [0.05, 0.1) is 16.8 Å². The summed E-state index contributed by atoms with van der Waals surface area (Å²) in [6, 6.07) is 7.42. The largest absolute Gasteiger partial charge is 0.507 e. The first-order valence-electron chi connectivity index (χ1n) is 5.50. The van der Waals surface area contributed by atoms with Gasteiger partial charge in [-0.25, -0.2) is 4.98 Å². The minimum Gasteiger partial charge on any atom is -0.507 e. The number of hydrogen-bond acceptors (Lipinski definition) is 3. The fraction of sp³-hybridized carbons (Fsp3) is 0.154. The Morgan fingerprint density at radius 3 is 2.94 bits per heavy atom. The van der Waals surface area contributed by atoms with Crippen LogP contribution in [-0.4, -0.2) is 14.5 Å². The highest BCUT2D eigenvalue weighted by atomic mass is 16.3. The van der Waals surface area contributed by atoms with E-state index in [0.29, 0.717) is 6.54 Å². The molecule has 0 atom stereocenters. The van der Waals surface area contributed by atoms with Crippen molar-refractivity contribution in [2.45, 2.75) is 13.5 Å². The van der Waals surface area contributed by atoms with E-state index in [1.54, 1.807) is 6.07 Å². The summed E-state index contributed by atoms with van der Waals surface area (Å²) in [6.07, 6.45) is 1.94. The molecule has 0 aliphatic heterocycles. The molecule has 0 bridgehead atoms. The number of benzene rings is 1. The molecule has 0 spiro atoms. The Morgan fingerprint density at radius 1 is 1.35 bits per heavy atom. The summed E-state index contributed by atoms with van der Waals surface area (Å²) in [7, 11) is 0. The van der Waals surface area contributed by atoms with Crippen molar-refractivity contribution < 1.29 is 5.11 Å². The van der Waals surface area contributed by atoms with E-state index in [1.165, 1.54) is 0 Å². The lowest BCUT2D eigenvalue weighted by molar-refractivity contribution is 0.482. The van der Waals surface area contributed by atoms with Crippen molar-refractivity contribution in [2.75, 3.05) is 0 Å². The van der Waals surface area contributed by atoms with E-state index in [1.807, 2.05) is 35.7 Å². The van der Waals surface area contributed by atoms with Crippen LogP contribution < -0.4 is 5.73 Å². The first kappa shape index (κ1) is 10.1. The Labute approximate surface area is 98.3 Å². The summed E-state index contributed by atoms with van der Waals surface area (Å²) < 4.78 is 1.94. The summed E-state index contributed by atoms with van der Waals surface area (Å²) in [4.78, 5) is 4.50. The molecule has 2 heterocycles. The van der Waals surface area contributed by atoms with Crippen LogP contribution in [0.4, 0.5) is 0 Å². The Hall–Kier alpha value is -2.07. The van der Waals surface area contributed by atoms with Crippen molar-refractivity contribution in [2.24, 2.45) is 5.73 Å². The molecule has 0 radical (unpaired) electrons. The van der Waals surface area contributed by atoms with Gasteiger partial charge in [-0.15, -0.1) is 0 Å². The van der Waals surface area contributed by atoms with E-state index in [-0.39, 0.29) is 5.75 Å². The van der Waals surface area contributed by atoms with Gasteiger partial charge in [-0.1, -0.05) is 12.1 Å². The second kappa shape index (κ2) is 3.46. The number of phenolic OH excluding ortho intramolecular Hbond substituents is 1. The topological polar surface area (TPSA) is 63.5 Å². The first-order chi connectivity index (χ1) is 8.22. The van der Waals surface area contributed by atoms with E-state index in [9.17, 15) is 5.11 Å². The molecular formula is C13H13N3O. The van der Waals surface area contributed by atoms with E-state index in [2.05, 4.69) is 4.98 Å². The molecule has 0 amide bonds. The van der Waals surface area contributed by atoms with Gasteiger partial charge < -0.3 is 15.2 Å². The number of imidazole rings is 1. The average Bonchev–Trinajstić information content (AvgIpc) is 2.64. The highest BCUT2D eigenvalue weighted by Crippen LogP contribution is 2.29. The van der Waals surface area contributed by atoms with Crippen LogP contribution in [0.25, 0.3) is 16.4 Å². The van der Waals surface area contributed by atoms with E-state index < -0.39 is 0 Å². The summed E-state index contributed by atoms with van der Waals surface area (Å²) in [6.45, 7) is 2.37. The monoisotopic (exact) mass is 227 g/mol. The van der Waals surface area contributed by atoms with Crippen LogP contribution in [0.1, 0.15) is 11.4 Å². The Bertz CT molecular complexity index is 715. The summed E-state index contributed by atoms with van der Waals surface area (Å²) >= 11 is 0. The van der Waals surface area contributed by atoms with Gasteiger partial charge in [0.2, 0.25) is 0 Å². The fourth-order valence-corrected chi connectivity index (χ4v) is 2.26.